The van der Waals surface area contributed by atoms with E-state index in [1.54, 1.807) is 12.1 Å². The highest BCUT2D eigenvalue weighted by molar-refractivity contribution is 5.91. The van der Waals surface area contributed by atoms with Crippen LogP contribution in [-0.2, 0) is 0 Å². The Bertz CT molecular complexity index is 413. The van der Waals surface area contributed by atoms with Crippen molar-refractivity contribution in [2.75, 3.05) is 5.32 Å². The van der Waals surface area contributed by atoms with Crippen LogP contribution < -0.4 is 5.32 Å². The fourth-order valence-electron chi connectivity index (χ4n) is 1.94. The van der Waals surface area contributed by atoms with Crippen molar-refractivity contribution < 1.29 is 9.90 Å². The number of benzene rings is 1. The van der Waals surface area contributed by atoms with E-state index in [4.69, 9.17) is 5.11 Å². The molecule has 0 radical (unpaired) electrons. The molecule has 1 aromatic carbocycles. The Labute approximate surface area is 109 Å². The highest BCUT2D eigenvalue weighted by atomic mass is 16.4. The Morgan fingerprint density at radius 2 is 1.94 bits per heavy atom. The molecule has 3 heteroatoms. The van der Waals surface area contributed by atoms with Gasteiger partial charge < -0.3 is 10.4 Å². The van der Waals surface area contributed by atoms with E-state index in [0.29, 0.717) is 17.5 Å². The molecule has 0 fully saturated rings. The van der Waals surface area contributed by atoms with Crippen molar-refractivity contribution in [2.45, 2.75) is 46.6 Å². The maximum atomic E-state index is 11.0. The Morgan fingerprint density at radius 1 is 1.28 bits per heavy atom. The normalized spacial score (nSPS) is 12.5. The predicted octanol–water partition coefficient (Wildman–Crippen LogP) is 3.93. The van der Waals surface area contributed by atoms with Crippen molar-refractivity contribution in [1.82, 2.24) is 0 Å². The molecular formula is C15H23NO2. The van der Waals surface area contributed by atoms with Gasteiger partial charge in [-0.3, -0.25) is 0 Å². The fourth-order valence-corrected chi connectivity index (χ4v) is 1.94. The molecule has 1 unspecified atom stereocenters. The molecule has 0 aliphatic rings. The minimum absolute atomic E-state index is 0.357. The quantitative estimate of drug-likeness (QED) is 0.803. The summed E-state index contributed by atoms with van der Waals surface area (Å²) < 4.78 is 0. The second-order valence-electron chi connectivity index (χ2n) is 5.30. The van der Waals surface area contributed by atoms with Crippen LogP contribution in [0, 0.1) is 12.8 Å². The van der Waals surface area contributed by atoms with Gasteiger partial charge in [0, 0.05) is 11.7 Å². The van der Waals surface area contributed by atoms with Gasteiger partial charge in [-0.2, -0.15) is 0 Å². The minimum atomic E-state index is -0.869. The lowest BCUT2D eigenvalue weighted by Crippen LogP contribution is -2.17. The van der Waals surface area contributed by atoms with Crippen LogP contribution in [0.25, 0.3) is 0 Å². The average Bonchev–Trinajstić information content (AvgIpc) is 2.29. The molecule has 0 saturated heterocycles. The molecule has 0 bridgehead atoms. The summed E-state index contributed by atoms with van der Waals surface area (Å²) in [5, 5.41) is 12.5. The molecule has 100 valence electrons. The number of hydrogen-bond donors (Lipinski definition) is 2. The third kappa shape index (κ3) is 4.06. The van der Waals surface area contributed by atoms with Gasteiger partial charge in [-0.15, -0.1) is 0 Å². The summed E-state index contributed by atoms with van der Waals surface area (Å²) in [5.41, 5.74) is 2.10. The van der Waals surface area contributed by atoms with Gasteiger partial charge in [-0.1, -0.05) is 19.9 Å². The molecule has 2 N–H and O–H groups in total. The molecule has 0 spiro atoms. The minimum Gasteiger partial charge on any atom is -0.478 e. The number of nitrogens with one attached hydrogen (secondary N) is 1. The number of anilines is 1. The highest BCUT2D eigenvalue weighted by Crippen LogP contribution is 2.21. The predicted molar refractivity (Wildman–Crippen MR) is 75.3 cm³/mol. The number of carbonyl (C=O) groups is 1. The van der Waals surface area contributed by atoms with Gasteiger partial charge in [-0.05, 0) is 50.3 Å². The van der Waals surface area contributed by atoms with E-state index in [-0.39, 0.29) is 0 Å². The van der Waals surface area contributed by atoms with E-state index in [1.807, 2.05) is 13.0 Å². The molecule has 1 aromatic rings. The van der Waals surface area contributed by atoms with Crippen molar-refractivity contribution in [3.05, 3.63) is 29.3 Å². The monoisotopic (exact) mass is 249 g/mol. The first kappa shape index (κ1) is 14.6. The molecular weight excluding hydrogens is 226 g/mol. The molecule has 18 heavy (non-hydrogen) atoms. The summed E-state index contributed by atoms with van der Waals surface area (Å²) in [6.07, 6.45) is 2.26. The second-order valence-corrected chi connectivity index (χ2v) is 5.30. The third-order valence-electron chi connectivity index (χ3n) is 3.14. The number of carboxylic acids is 1. The van der Waals surface area contributed by atoms with Crippen molar-refractivity contribution in [3.63, 3.8) is 0 Å². The SMILES string of the molecule is Cc1c(NC(C)CCC(C)C)cccc1C(=O)O. The highest BCUT2D eigenvalue weighted by Gasteiger charge is 2.11. The summed E-state index contributed by atoms with van der Waals surface area (Å²) in [7, 11) is 0. The zero-order chi connectivity index (χ0) is 13.7. The van der Waals surface area contributed by atoms with Crippen molar-refractivity contribution in [3.8, 4) is 0 Å². The Morgan fingerprint density at radius 3 is 2.50 bits per heavy atom. The molecule has 0 amide bonds. The number of aromatic carboxylic acids is 1. The van der Waals surface area contributed by atoms with Gasteiger partial charge in [0.05, 0.1) is 5.56 Å². The summed E-state index contributed by atoms with van der Waals surface area (Å²) in [6, 6.07) is 5.72. The third-order valence-corrected chi connectivity index (χ3v) is 3.14. The molecule has 3 nitrogen and oxygen atoms in total. The average molecular weight is 249 g/mol. The maximum Gasteiger partial charge on any atom is 0.336 e. The Balaban J connectivity index is 2.73. The van der Waals surface area contributed by atoms with Crippen molar-refractivity contribution in [2.24, 2.45) is 5.92 Å². The Kier molecular flexibility index (Phi) is 5.20. The van der Waals surface area contributed by atoms with Crippen molar-refractivity contribution >= 4 is 11.7 Å². The number of rotatable bonds is 6. The molecule has 0 aromatic heterocycles. The van der Waals surface area contributed by atoms with E-state index in [0.717, 1.165) is 17.7 Å². The lowest BCUT2D eigenvalue weighted by Gasteiger charge is -2.18. The molecule has 0 aliphatic heterocycles. The fraction of sp³-hybridized carbons (Fsp3) is 0.533. The molecule has 0 aliphatic carbocycles. The van der Waals surface area contributed by atoms with E-state index < -0.39 is 5.97 Å². The smallest absolute Gasteiger partial charge is 0.336 e. The molecule has 0 saturated carbocycles. The van der Waals surface area contributed by atoms with Crippen LogP contribution in [0.3, 0.4) is 0 Å². The van der Waals surface area contributed by atoms with Gasteiger partial charge >= 0.3 is 5.97 Å². The van der Waals surface area contributed by atoms with Crippen LogP contribution in [0.4, 0.5) is 5.69 Å². The topological polar surface area (TPSA) is 49.3 Å². The molecule has 1 atom stereocenters. The van der Waals surface area contributed by atoms with Crippen LogP contribution in [0.15, 0.2) is 18.2 Å². The lowest BCUT2D eigenvalue weighted by atomic mass is 10.0. The van der Waals surface area contributed by atoms with Gasteiger partial charge in [0.1, 0.15) is 0 Å². The standard InChI is InChI=1S/C15H23NO2/c1-10(2)8-9-11(3)16-14-7-5-6-13(12(14)4)15(17)18/h5-7,10-11,16H,8-9H2,1-4H3,(H,17,18). The second kappa shape index (κ2) is 6.43. The van der Waals surface area contributed by atoms with E-state index in [1.165, 1.54) is 6.42 Å². The van der Waals surface area contributed by atoms with Crippen LogP contribution in [0.2, 0.25) is 0 Å². The van der Waals surface area contributed by atoms with E-state index >= 15 is 0 Å². The van der Waals surface area contributed by atoms with E-state index in [2.05, 4.69) is 26.1 Å². The van der Waals surface area contributed by atoms with Gasteiger partial charge in [0.15, 0.2) is 0 Å². The lowest BCUT2D eigenvalue weighted by molar-refractivity contribution is 0.0696. The van der Waals surface area contributed by atoms with Gasteiger partial charge in [0.2, 0.25) is 0 Å². The first-order chi connectivity index (χ1) is 8.41. The summed E-state index contributed by atoms with van der Waals surface area (Å²) in [4.78, 5) is 11.0. The van der Waals surface area contributed by atoms with Crippen LogP contribution in [0.5, 0.6) is 0 Å². The first-order valence-electron chi connectivity index (χ1n) is 6.51. The summed E-state index contributed by atoms with van der Waals surface area (Å²) in [6.45, 7) is 8.41. The Hall–Kier alpha value is -1.51. The van der Waals surface area contributed by atoms with Crippen molar-refractivity contribution in [1.29, 1.82) is 0 Å². The molecule has 1 rings (SSSR count). The van der Waals surface area contributed by atoms with Crippen LogP contribution in [0.1, 0.15) is 49.5 Å². The van der Waals surface area contributed by atoms with Crippen LogP contribution in [-0.4, -0.2) is 17.1 Å². The summed E-state index contributed by atoms with van der Waals surface area (Å²) in [5.74, 6) is -0.174. The first-order valence-corrected chi connectivity index (χ1v) is 6.51. The van der Waals surface area contributed by atoms with E-state index in [9.17, 15) is 4.79 Å². The molecule has 0 heterocycles. The number of carboxylic acid groups (broad SMARTS) is 1. The van der Waals surface area contributed by atoms with Crippen LogP contribution >= 0.6 is 0 Å². The zero-order valence-corrected chi connectivity index (χ0v) is 11.7. The zero-order valence-electron chi connectivity index (χ0n) is 11.7. The van der Waals surface area contributed by atoms with Gasteiger partial charge in [-0.25, -0.2) is 4.79 Å². The number of hydrogen-bond acceptors (Lipinski definition) is 2. The van der Waals surface area contributed by atoms with Gasteiger partial charge in [0.25, 0.3) is 0 Å². The summed E-state index contributed by atoms with van der Waals surface area (Å²) >= 11 is 0. The largest absolute Gasteiger partial charge is 0.478 e. The maximum absolute atomic E-state index is 11.0.